The van der Waals surface area contributed by atoms with E-state index in [1.807, 2.05) is 25.1 Å². The van der Waals surface area contributed by atoms with Crippen molar-refractivity contribution in [1.29, 1.82) is 0 Å². The number of ether oxygens (including phenoxy) is 2. The van der Waals surface area contributed by atoms with E-state index < -0.39 is 0 Å². The monoisotopic (exact) mass is 426 g/mol. The molecule has 2 aromatic carbocycles. The van der Waals surface area contributed by atoms with Gasteiger partial charge in [-0.15, -0.1) is 0 Å². The average molecular weight is 426 g/mol. The van der Waals surface area contributed by atoms with Crippen molar-refractivity contribution in [2.45, 2.75) is 26.0 Å². The number of rotatable bonds is 6. The first-order chi connectivity index (χ1) is 14.9. The summed E-state index contributed by atoms with van der Waals surface area (Å²) < 4.78 is 24.7. The number of carbonyl (C=O) groups is 1. The molecule has 1 amide bonds. The van der Waals surface area contributed by atoms with Gasteiger partial charge in [-0.3, -0.25) is 9.69 Å². The second-order valence-corrected chi connectivity index (χ2v) is 7.98. The summed E-state index contributed by atoms with van der Waals surface area (Å²) in [7, 11) is 3.42. The van der Waals surface area contributed by atoms with E-state index in [1.54, 1.807) is 25.1 Å². The maximum absolute atomic E-state index is 13.4. The lowest BCUT2D eigenvalue weighted by Crippen LogP contribution is -2.41. The summed E-state index contributed by atoms with van der Waals surface area (Å²) in [5, 5.41) is 0. The highest BCUT2D eigenvalue weighted by Gasteiger charge is 2.23. The number of nitrogens with one attached hydrogen (secondary N) is 1. The number of halogens is 1. The average Bonchev–Trinajstić information content (AvgIpc) is 3.07. The first kappa shape index (κ1) is 21.1. The second-order valence-electron chi connectivity index (χ2n) is 7.98. The molecule has 1 atom stereocenters. The molecule has 0 aliphatic carbocycles. The van der Waals surface area contributed by atoms with Crippen LogP contribution in [0.4, 0.5) is 4.39 Å². The Bertz CT molecular complexity index is 1080. The Balaban J connectivity index is 1.36. The van der Waals surface area contributed by atoms with Crippen LogP contribution in [-0.2, 0) is 17.8 Å². The minimum Gasteiger partial charge on any atom is -0.497 e. The number of nitrogens with zero attached hydrogens (tertiary/aromatic N) is 3. The molecule has 0 saturated heterocycles. The molecule has 2 heterocycles. The molecule has 164 valence electrons. The zero-order chi connectivity index (χ0) is 22.0. The fraction of sp³-hybridized carbons (Fsp3) is 0.391. The van der Waals surface area contributed by atoms with E-state index in [2.05, 4.69) is 14.9 Å². The minimum atomic E-state index is -0.300. The third kappa shape index (κ3) is 4.96. The van der Waals surface area contributed by atoms with E-state index >= 15 is 0 Å². The van der Waals surface area contributed by atoms with Gasteiger partial charge in [-0.2, -0.15) is 0 Å². The van der Waals surface area contributed by atoms with Gasteiger partial charge in [-0.05, 0) is 31.2 Å². The lowest BCUT2D eigenvalue weighted by Gasteiger charge is -2.24. The topological polar surface area (TPSA) is 70.7 Å². The zero-order valence-electron chi connectivity index (χ0n) is 18.0. The van der Waals surface area contributed by atoms with E-state index in [0.717, 1.165) is 28.4 Å². The number of methoxy groups -OCH3 is 1. The van der Waals surface area contributed by atoms with Crippen LogP contribution in [0.5, 0.6) is 11.5 Å². The maximum atomic E-state index is 13.4. The van der Waals surface area contributed by atoms with Crippen LogP contribution < -0.4 is 9.47 Å². The second kappa shape index (κ2) is 8.93. The molecule has 1 N–H and O–H groups in total. The summed E-state index contributed by atoms with van der Waals surface area (Å²) in [6.45, 7) is 4.13. The molecule has 8 heteroatoms. The molecule has 0 fully saturated rings. The highest BCUT2D eigenvalue weighted by atomic mass is 19.1. The predicted molar refractivity (Wildman–Crippen MR) is 116 cm³/mol. The Labute approximate surface area is 180 Å². The summed E-state index contributed by atoms with van der Waals surface area (Å²) >= 11 is 0. The van der Waals surface area contributed by atoms with Crippen molar-refractivity contribution in [2.75, 3.05) is 33.8 Å². The normalized spacial score (nSPS) is 16.5. The van der Waals surface area contributed by atoms with Crippen LogP contribution >= 0.6 is 0 Å². The molecule has 0 saturated carbocycles. The number of fused-ring (bicyclic) bond motifs is 2. The SMILES string of the molecule is COc1ccc2c(c1)OC(C)CN(CC(=O)N(C)CCc1nc3ccc(F)cc3[nH]1)C2. The summed E-state index contributed by atoms with van der Waals surface area (Å²) in [6, 6.07) is 10.2. The van der Waals surface area contributed by atoms with Gasteiger partial charge in [-0.1, -0.05) is 6.07 Å². The van der Waals surface area contributed by atoms with Crippen LogP contribution in [0.3, 0.4) is 0 Å². The van der Waals surface area contributed by atoms with Crippen LogP contribution in [0.25, 0.3) is 11.0 Å². The highest BCUT2D eigenvalue weighted by molar-refractivity contribution is 5.78. The van der Waals surface area contributed by atoms with Crippen molar-refractivity contribution in [3.05, 3.63) is 53.6 Å². The molecule has 1 aliphatic heterocycles. The highest BCUT2D eigenvalue weighted by Crippen LogP contribution is 2.29. The van der Waals surface area contributed by atoms with Crippen LogP contribution in [-0.4, -0.2) is 65.6 Å². The van der Waals surface area contributed by atoms with Gasteiger partial charge in [0.25, 0.3) is 0 Å². The number of carbonyl (C=O) groups excluding carboxylic acids is 1. The van der Waals surface area contributed by atoms with Crippen LogP contribution in [0.2, 0.25) is 0 Å². The number of likely N-dealkylation sites (N-methyl/N-ethyl adjacent to an activating group) is 1. The van der Waals surface area contributed by atoms with Gasteiger partial charge in [0.05, 0.1) is 24.7 Å². The largest absolute Gasteiger partial charge is 0.497 e. The number of hydrogen-bond acceptors (Lipinski definition) is 5. The van der Waals surface area contributed by atoms with Gasteiger partial charge >= 0.3 is 0 Å². The Hall–Kier alpha value is -3.13. The third-order valence-corrected chi connectivity index (χ3v) is 5.47. The summed E-state index contributed by atoms with van der Waals surface area (Å²) in [5.74, 6) is 2.02. The number of H-pyrrole nitrogens is 1. The molecule has 0 bridgehead atoms. The molecule has 4 rings (SSSR count). The van der Waals surface area contributed by atoms with Gasteiger partial charge in [0.1, 0.15) is 29.2 Å². The maximum Gasteiger partial charge on any atom is 0.236 e. The molecule has 0 spiro atoms. The number of aromatic amines is 1. The molecular formula is C23H27FN4O3. The fourth-order valence-corrected chi connectivity index (χ4v) is 3.81. The van der Waals surface area contributed by atoms with Gasteiger partial charge < -0.3 is 19.4 Å². The predicted octanol–water partition coefficient (Wildman–Crippen LogP) is 2.99. The molecular weight excluding hydrogens is 399 g/mol. The Morgan fingerprint density at radius 3 is 3.00 bits per heavy atom. The molecule has 1 aromatic heterocycles. The zero-order valence-corrected chi connectivity index (χ0v) is 18.0. The van der Waals surface area contributed by atoms with Crippen LogP contribution in [0.1, 0.15) is 18.3 Å². The van der Waals surface area contributed by atoms with Crippen molar-refractivity contribution >= 4 is 16.9 Å². The van der Waals surface area contributed by atoms with Crippen molar-refractivity contribution < 1.29 is 18.7 Å². The Kier molecular flexibility index (Phi) is 6.08. The van der Waals surface area contributed by atoms with E-state index in [4.69, 9.17) is 9.47 Å². The van der Waals surface area contributed by atoms with Crippen molar-refractivity contribution in [3.8, 4) is 11.5 Å². The number of amides is 1. The summed E-state index contributed by atoms with van der Waals surface area (Å²) in [4.78, 5) is 24.2. The number of hydrogen-bond donors (Lipinski definition) is 1. The fourth-order valence-electron chi connectivity index (χ4n) is 3.81. The van der Waals surface area contributed by atoms with E-state index in [1.165, 1.54) is 12.1 Å². The quantitative estimate of drug-likeness (QED) is 0.656. The standard InChI is InChI=1S/C23H27FN4O3/c1-15-12-28(13-16-4-6-18(30-3)11-21(16)31-15)14-23(29)27(2)9-8-22-25-19-7-5-17(24)10-20(19)26-22/h4-7,10-11,15H,8-9,12-14H2,1-3H3,(H,25,26). The first-order valence-electron chi connectivity index (χ1n) is 10.4. The van der Waals surface area contributed by atoms with E-state index in [9.17, 15) is 9.18 Å². The van der Waals surface area contributed by atoms with Gasteiger partial charge in [-0.25, -0.2) is 9.37 Å². The van der Waals surface area contributed by atoms with Crippen molar-refractivity contribution in [3.63, 3.8) is 0 Å². The summed E-state index contributed by atoms with van der Waals surface area (Å²) in [6.07, 6.45) is 0.531. The molecule has 31 heavy (non-hydrogen) atoms. The van der Waals surface area contributed by atoms with Gasteiger partial charge in [0, 0.05) is 44.7 Å². The van der Waals surface area contributed by atoms with Crippen LogP contribution in [0.15, 0.2) is 36.4 Å². The first-order valence-corrected chi connectivity index (χ1v) is 10.4. The molecule has 3 aromatic rings. The van der Waals surface area contributed by atoms with E-state index in [-0.39, 0.29) is 17.8 Å². The van der Waals surface area contributed by atoms with Crippen molar-refractivity contribution in [1.82, 2.24) is 19.8 Å². The smallest absolute Gasteiger partial charge is 0.236 e. The third-order valence-electron chi connectivity index (χ3n) is 5.47. The number of benzene rings is 2. The Morgan fingerprint density at radius 2 is 2.19 bits per heavy atom. The summed E-state index contributed by atoms with van der Waals surface area (Å²) in [5.41, 5.74) is 2.42. The lowest BCUT2D eigenvalue weighted by molar-refractivity contribution is -0.131. The lowest BCUT2D eigenvalue weighted by atomic mass is 10.2. The van der Waals surface area contributed by atoms with Gasteiger partial charge in [0.2, 0.25) is 5.91 Å². The molecule has 0 radical (unpaired) electrons. The van der Waals surface area contributed by atoms with Crippen molar-refractivity contribution in [2.24, 2.45) is 0 Å². The minimum absolute atomic E-state index is 0.0336. The Morgan fingerprint density at radius 1 is 1.35 bits per heavy atom. The van der Waals surface area contributed by atoms with Crippen LogP contribution in [0, 0.1) is 5.82 Å². The molecule has 1 aliphatic rings. The molecule has 1 unspecified atom stereocenters. The van der Waals surface area contributed by atoms with Gasteiger partial charge in [0.15, 0.2) is 0 Å². The number of aromatic nitrogens is 2. The molecule has 7 nitrogen and oxygen atoms in total. The van der Waals surface area contributed by atoms with E-state index in [0.29, 0.717) is 38.1 Å². The number of imidazole rings is 1.